The molecule has 0 atom stereocenters. The van der Waals surface area contributed by atoms with E-state index >= 15 is 0 Å². The van der Waals surface area contributed by atoms with Gasteiger partial charge in [-0.3, -0.25) is 0 Å². The van der Waals surface area contributed by atoms with E-state index in [4.69, 9.17) is 16.3 Å². The first kappa shape index (κ1) is 19.7. The Labute approximate surface area is 183 Å². The van der Waals surface area contributed by atoms with Crippen LogP contribution in [0.4, 0.5) is 5.69 Å². The van der Waals surface area contributed by atoms with Crippen LogP contribution in [-0.4, -0.2) is 0 Å². The quantitative estimate of drug-likeness (QED) is 0.332. The fourth-order valence-corrected chi connectivity index (χ4v) is 4.36. The van der Waals surface area contributed by atoms with Gasteiger partial charge < -0.3 is 10.1 Å². The highest BCUT2D eigenvalue weighted by molar-refractivity contribution is 9.11. The Morgan fingerprint density at radius 2 is 1.54 bits per heavy atom. The van der Waals surface area contributed by atoms with Crippen molar-refractivity contribution in [3.8, 4) is 5.75 Å². The molecule has 134 valence electrons. The first-order valence-electron chi connectivity index (χ1n) is 7.86. The summed E-state index contributed by atoms with van der Waals surface area (Å²) in [6, 6.07) is 19.9. The molecule has 0 aliphatic rings. The van der Waals surface area contributed by atoms with Crippen LogP contribution in [0.5, 0.6) is 5.75 Å². The van der Waals surface area contributed by atoms with Gasteiger partial charge in [0.2, 0.25) is 0 Å². The first-order chi connectivity index (χ1) is 12.5. The van der Waals surface area contributed by atoms with E-state index in [1.807, 2.05) is 48.5 Å². The zero-order chi connectivity index (χ0) is 18.5. The number of nitrogens with one attached hydrogen (secondary N) is 1. The fourth-order valence-electron chi connectivity index (χ4n) is 2.39. The predicted octanol–water partition coefficient (Wildman–Crippen LogP) is 7.82. The van der Waals surface area contributed by atoms with Gasteiger partial charge >= 0.3 is 0 Å². The van der Waals surface area contributed by atoms with Crippen molar-refractivity contribution in [1.82, 2.24) is 0 Å². The predicted molar refractivity (Wildman–Crippen MR) is 119 cm³/mol. The van der Waals surface area contributed by atoms with Crippen LogP contribution in [-0.2, 0) is 13.2 Å². The van der Waals surface area contributed by atoms with Crippen LogP contribution < -0.4 is 10.1 Å². The molecule has 0 radical (unpaired) electrons. The monoisotopic (exact) mass is 557 g/mol. The van der Waals surface area contributed by atoms with E-state index in [0.29, 0.717) is 18.2 Å². The normalized spacial score (nSPS) is 10.6. The minimum Gasteiger partial charge on any atom is -0.487 e. The molecule has 0 bridgehead atoms. The molecule has 0 aliphatic heterocycles. The lowest BCUT2D eigenvalue weighted by atomic mass is 10.2. The Kier molecular flexibility index (Phi) is 7.04. The summed E-state index contributed by atoms with van der Waals surface area (Å²) in [5.74, 6) is 0.791. The van der Waals surface area contributed by atoms with E-state index in [2.05, 4.69) is 65.2 Å². The molecule has 0 saturated heterocycles. The van der Waals surface area contributed by atoms with Gasteiger partial charge in [-0.05, 0) is 85.5 Å². The van der Waals surface area contributed by atoms with Gasteiger partial charge in [-0.2, -0.15) is 0 Å². The van der Waals surface area contributed by atoms with Gasteiger partial charge in [0.15, 0.2) is 0 Å². The van der Waals surface area contributed by atoms with E-state index < -0.39 is 0 Å². The van der Waals surface area contributed by atoms with Crippen LogP contribution in [0.2, 0.25) is 5.02 Å². The summed E-state index contributed by atoms with van der Waals surface area (Å²) in [7, 11) is 0. The van der Waals surface area contributed by atoms with E-state index in [-0.39, 0.29) is 0 Å². The summed E-state index contributed by atoms with van der Waals surface area (Å²) in [6.07, 6.45) is 0. The summed E-state index contributed by atoms with van der Waals surface area (Å²) in [4.78, 5) is 0. The van der Waals surface area contributed by atoms with Crippen molar-refractivity contribution < 1.29 is 4.74 Å². The molecule has 0 fully saturated rings. The van der Waals surface area contributed by atoms with Crippen molar-refractivity contribution in [3.63, 3.8) is 0 Å². The Bertz CT molecular complexity index is 877. The van der Waals surface area contributed by atoms with Crippen molar-refractivity contribution in [1.29, 1.82) is 0 Å². The molecule has 0 unspecified atom stereocenters. The van der Waals surface area contributed by atoms with Crippen LogP contribution in [0, 0.1) is 0 Å². The molecule has 0 aliphatic carbocycles. The highest BCUT2D eigenvalue weighted by atomic mass is 79.9. The molecule has 0 spiro atoms. The standard InChI is InChI=1S/C20H15Br3ClNO/c21-15-6-4-13(5-7-15)12-26-20-18(22)8-14(9-19(20)23)11-25-17-3-1-2-16(24)10-17/h1-10,25H,11-12H2. The Hall–Kier alpha value is -1.01. The van der Waals surface area contributed by atoms with Crippen molar-refractivity contribution in [2.75, 3.05) is 5.32 Å². The maximum absolute atomic E-state index is 6.02. The van der Waals surface area contributed by atoms with Gasteiger partial charge in [-0.25, -0.2) is 0 Å². The third kappa shape index (κ3) is 5.49. The van der Waals surface area contributed by atoms with E-state index in [1.54, 1.807) is 0 Å². The van der Waals surface area contributed by atoms with E-state index in [9.17, 15) is 0 Å². The number of hydrogen-bond donors (Lipinski definition) is 1. The molecule has 0 aromatic heterocycles. The molecule has 26 heavy (non-hydrogen) atoms. The lowest BCUT2D eigenvalue weighted by Crippen LogP contribution is -2.01. The molecular formula is C20H15Br3ClNO. The highest BCUT2D eigenvalue weighted by Crippen LogP contribution is 2.35. The summed E-state index contributed by atoms with van der Waals surface area (Å²) < 4.78 is 8.85. The van der Waals surface area contributed by atoms with Crippen molar-refractivity contribution >= 4 is 65.1 Å². The van der Waals surface area contributed by atoms with Crippen molar-refractivity contribution in [3.05, 3.63) is 90.2 Å². The largest absolute Gasteiger partial charge is 0.487 e. The van der Waals surface area contributed by atoms with Crippen LogP contribution in [0.1, 0.15) is 11.1 Å². The van der Waals surface area contributed by atoms with E-state index in [1.165, 1.54) is 0 Å². The van der Waals surface area contributed by atoms with Gasteiger partial charge in [0.05, 0.1) is 8.95 Å². The molecular weight excluding hydrogens is 545 g/mol. The molecule has 1 N–H and O–H groups in total. The highest BCUT2D eigenvalue weighted by Gasteiger charge is 2.10. The molecule has 0 heterocycles. The summed E-state index contributed by atoms with van der Waals surface area (Å²) in [5.41, 5.74) is 3.22. The summed E-state index contributed by atoms with van der Waals surface area (Å²) in [5, 5.41) is 4.08. The molecule has 0 amide bonds. The van der Waals surface area contributed by atoms with Gasteiger partial charge in [-0.15, -0.1) is 0 Å². The average molecular weight is 561 g/mol. The second-order valence-corrected chi connectivity index (χ2v) is 8.73. The average Bonchev–Trinajstić information content (AvgIpc) is 2.61. The fraction of sp³-hybridized carbons (Fsp3) is 0.100. The molecule has 3 rings (SSSR count). The molecule has 3 aromatic rings. The Balaban J connectivity index is 1.66. The SMILES string of the molecule is Clc1cccc(NCc2cc(Br)c(OCc3ccc(Br)cc3)c(Br)c2)c1. The van der Waals surface area contributed by atoms with Crippen molar-refractivity contribution in [2.45, 2.75) is 13.2 Å². The second kappa shape index (κ2) is 9.27. The van der Waals surface area contributed by atoms with Crippen LogP contribution in [0.15, 0.2) is 74.1 Å². The Morgan fingerprint density at radius 1 is 0.846 bits per heavy atom. The smallest absolute Gasteiger partial charge is 0.148 e. The minimum atomic E-state index is 0.505. The lowest BCUT2D eigenvalue weighted by molar-refractivity contribution is 0.302. The van der Waals surface area contributed by atoms with Gasteiger partial charge in [0.25, 0.3) is 0 Å². The zero-order valence-electron chi connectivity index (χ0n) is 13.6. The van der Waals surface area contributed by atoms with Gasteiger partial charge in [0, 0.05) is 21.7 Å². The summed E-state index contributed by atoms with van der Waals surface area (Å²) >= 11 is 16.7. The number of benzene rings is 3. The van der Waals surface area contributed by atoms with Gasteiger partial charge in [-0.1, -0.05) is 45.7 Å². The lowest BCUT2D eigenvalue weighted by Gasteiger charge is -2.13. The topological polar surface area (TPSA) is 21.3 Å². The third-order valence-corrected chi connectivity index (χ3v) is 5.62. The first-order valence-corrected chi connectivity index (χ1v) is 10.6. The zero-order valence-corrected chi connectivity index (χ0v) is 19.1. The number of anilines is 1. The maximum atomic E-state index is 6.02. The number of halogens is 4. The second-order valence-electron chi connectivity index (χ2n) is 5.67. The van der Waals surface area contributed by atoms with Crippen LogP contribution >= 0.6 is 59.4 Å². The maximum Gasteiger partial charge on any atom is 0.148 e. The van der Waals surface area contributed by atoms with Crippen LogP contribution in [0.25, 0.3) is 0 Å². The minimum absolute atomic E-state index is 0.505. The number of rotatable bonds is 6. The third-order valence-electron chi connectivity index (χ3n) is 3.68. The molecule has 3 aromatic carbocycles. The Morgan fingerprint density at radius 3 is 2.19 bits per heavy atom. The van der Waals surface area contributed by atoms with Crippen LogP contribution in [0.3, 0.4) is 0 Å². The number of hydrogen-bond acceptors (Lipinski definition) is 2. The molecule has 0 saturated carbocycles. The van der Waals surface area contributed by atoms with Crippen molar-refractivity contribution in [2.24, 2.45) is 0 Å². The molecule has 6 heteroatoms. The summed E-state index contributed by atoms with van der Waals surface area (Å²) in [6.45, 7) is 1.19. The van der Waals surface area contributed by atoms with E-state index in [0.717, 1.165) is 36.0 Å². The van der Waals surface area contributed by atoms with Gasteiger partial charge in [0.1, 0.15) is 12.4 Å². The number of ether oxygens (including phenoxy) is 1. The molecule has 2 nitrogen and oxygen atoms in total.